The maximum absolute atomic E-state index is 10.8. The van der Waals surface area contributed by atoms with Gasteiger partial charge in [0.2, 0.25) is 0 Å². The molecule has 0 aromatic rings. The molecule has 3 nitrogen and oxygen atoms in total. The molecule has 0 aromatic carbocycles. The van der Waals surface area contributed by atoms with Gasteiger partial charge in [-0.3, -0.25) is 4.79 Å². The van der Waals surface area contributed by atoms with E-state index in [2.05, 4.69) is 0 Å². The summed E-state index contributed by atoms with van der Waals surface area (Å²) in [6, 6.07) is 0. The molecule has 0 saturated carbocycles. The average molecular weight is 186 g/mol. The molecule has 13 heavy (non-hydrogen) atoms. The summed E-state index contributed by atoms with van der Waals surface area (Å²) in [5.74, 6) is -0.144. The van der Waals surface area contributed by atoms with E-state index in [0.717, 1.165) is 19.3 Å². The number of hydrogen-bond donors (Lipinski definition) is 1. The van der Waals surface area contributed by atoms with Crippen molar-refractivity contribution in [2.24, 2.45) is 0 Å². The Hall–Kier alpha value is -0.830. The average Bonchev–Trinajstić information content (AvgIpc) is 2.11. The lowest BCUT2D eigenvalue weighted by Crippen LogP contribution is -2.02. The van der Waals surface area contributed by atoms with Crippen LogP contribution in [0.1, 0.15) is 32.6 Å². The Labute approximate surface area is 79.4 Å². The summed E-state index contributed by atoms with van der Waals surface area (Å²) in [6.07, 6.45) is 6.77. The standard InChI is InChI=1S/C10H18O3/c1-2-13-10(12)8-6-4-3-5-7-9-11/h3-4,11H,2,5-9H2,1H3/b4-3+. The van der Waals surface area contributed by atoms with Gasteiger partial charge in [0.25, 0.3) is 0 Å². The van der Waals surface area contributed by atoms with Crippen molar-refractivity contribution in [3.63, 3.8) is 0 Å². The largest absolute Gasteiger partial charge is 0.466 e. The minimum absolute atomic E-state index is 0.144. The normalized spacial score (nSPS) is 10.6. The second kappa shape index (κ2) is 9.26. The molecule has 0 radical (unpaired) electrons. The van der Waals surface area contributed by atoms with Crippen molar-refractivity contribution in [3.8, 4) is 0 Å². The van der Waals surface area contributed by atoms with Crippen LogP contribution in [0.25, 0.3) is 0 Å². The smallest absolute Gasteiger partial charge is 0.306 e. The summed E-state index contributed by atoms with van der Waals surface area (Å²) >= 11 is 0. The fraction of sp³-hybridized carbons (Fsp3) is 0.700. The van der Waals surface area contributed by atoms with Crippen molar-refractivity contribution in [1.82, 2.24) is 0 Å². The molecule has 0 aliphatic rings. The highest BCUT2D eigenvalue weighted by Gasteiger charge is 1.97. The summed E-state index contributed by atoms with van der Waals surface area (Å²) < 4.78 is 4.76. The molecular formula is C10H18O3. The van der Waals surface area contributed by atoms with Crippen LogP contribution in [0.3, 0.4) is 0 Å². The van der Waals surface area contributed by atoms with Crippen molar-refractivity contribution in [2.45, 2.75) is 32.6 Å². The maximum atomic E-state index is 10.8. The number of carbonyl (C=O) groups excluding carboxylic acids is 1. The first-order valence-electron chi connectivity index (χ1n) is 4.72. The van der Waals surface area contributed by atoms with Gasteiger partial charge in [-0.25, -0.2) is 0 Å². The summed E-state index contributed by atoms with van der Waals surface area (Å²) in [5, 5.41) is 8.47. The minimum atomic E-state index is -0.144. The summed E-state index contributed by atoms with van der Waals surface area (Å²) in [4.78, 5) is 10.8. The van der Waals surface area contributed by atoms with Crippen LogP contribution in [0.2, 0.25) is 0 Å². The number of ether oxygens (including phenoxy) is 1. The maximum Gasteiger partial charge on any atom is 0.306 e. The molecule has 1 N–H and O–H groups in total. The van der Waals surface area contributed by atoms with Crippen LogP contribution in [0.4, 0.5) is 0 Å². The monoisotopic (exact) mass is 186 g/mol. The molecule has 0 saturated heterocycles. The predicted molar refractivity (Wildman–Crippen MR) is 51.3 cm³/mol. The van der Waals surface area contributed by atoms with Crippen molar-refractivity contribution in [2.75, 3.05) is 13.2 Å². The molecule has 76 valence electrons. The second-order valence-corrected chi connectivity index (χ2v) is 2.68. The number of aliphatic hydroxyl groups excluding tert-OH is 1. The number of hydrogen-bond acceptors (Lipinski definition) is 3. The third-order valence-corrected chi connectivity index (χ3v) is 1.52. The zero-order valence-corrected chi connectivity index (χ0v) is 8.16. The zero-order chi connectivity index (χ0) is 9.94. The lowest BCUT2D eigenvalue weighted by Gasteiger charge is -1.97. The van der Waals surface area contributed by atoms with Crippen LogP contribution in [0, 0.1) is 0 Å². The van der Waals surface area contributed by atoms with E-state index < -0.39 is 0 Å². The zero-order valence-electron chi connectivity index (χ0n) is 8.16. The Morgan fingerprint density at radius 1 is 1.38 bits per heavy atom. The van der Waals surface area contributed by atoms with Gasteiger partial charge in [0.1, 0.15) is 0 Å². The molecule has 0 amide bonds. The fourth-order valence-electron chi connectivity index (χ4n) is 0.879. The molecule has 0 unspecified atom stereocenters. The first kappa shape index (κ1) is 12.2. The van der Waals surface area contributed by atoms with Gasteiger partial charge in [0.15, 0.2) is 0 Å². The number of esters is 1. The highest BCUT2D eigenvalue weighted by atomic mass is 16.5. The van der Waals surface area contributed by atoms with E-state index in [-0.39, 0.29) is 12.6 Å². The van der Waals surface area contributed by atoms with Gasteiger partial charge in [-0.05, 0) is 26.2 Å². The van der Waals surface area contributed by atoms with Crippen LogP contribution in [-0.4, -0.2) is 24.3 Å². The molecule has 0 atom stereocenters. The number of rotatable bonds is 7. The molecule has 0 aliphatic heterocycles. The number of aliphatic hydroxyl groups is 1. The lowest BCUT2D eigenvalue weighted by molar-refractivity contribution is -0.142. The van der Waals surface area contributed by atoms with Crippen LogP contribution in [0.15, 0.2) is 12.2 Å². The van der Waals surface area contributed by atoms with Crippen molar-refractivity contribution >= 4 is 5.97 Å². The summed E-state index contributed by atoms with van der Waals surface area (Å²) in [6.45, 7) is 2.48. The first-order chi connectivity index (χ1) is 6.31. The van der Waals surface area contributed by atoms with Gasteiger partial charge in [0.05, 0.1) is 6.61 Å². The second-order valence-electron chi connectivity index (χ2n) is 2.68. The minimum Gasteiger partial charge on any atom is -0.466 e. The molecule has 0 aromatic heterocycles. The number of unbranched alkanes of at least 4 members (excludes halogenated alkanes) is 1. The Balaban J connectivity index is 3.23. The highest BCUT2D eigenvalue weighted by molar-refractivity contribution is 5.69. The Bertz CT molecular complexity index is 152. The molecule has 3 heteroatoms. The third-order valence-electron chi connectivity index (χ3n) is 1.52. The first-order valence-corrected chi connectivity index (χ1v) is 4.72. The van der Waals surface area contributed by atoms with Gasteiger partial charge in [-0.15, -0.1) is 0 Å². The van der Waals surface area contributed by atoms with E-state index in [1.165, 1.54) is 0 Å². The third kappa shape index (κ3) is 9.08. The fourth-order valence-corrected chi connectivity index (χ4v) is 0.879. The van der Waals surface area contributed by atoms with Crippen LogP contribution in [-0.2, 0) is 9.53 Å². The van der Waals surface area contributed by atoms with Crippen molar-refractivity contribution in [3.05, 3.63) is 12.2 Å². The van der Waals surface area contributed by atoms with Gasteiger partial charge < -0.3 is 9.84 Å². The molecule has 0 heterocycles. The SMILES string of the molecule is CCOC(=O)CC/C=C/CCCO. The molecule has 0 fully saturated rings. The van der Waals surface area contributed by atoms with E-state index in [4.69, 9.17) is 9.84 Å². The quantitative estimate of drug-likeness (QED) is 0.373. The van der Waals surface area contributed by atoms with Gasteiger partial charge in [0, 0.05) is 13.0 Å². The van der Waals surface area contributed by atoms with E-state index in [0.29, 0.717) is 13.0 Å². The molecule has 0 bridgehead atoms. The molecule has 0 rings (SSSR count). The Kier molecular flexibility index (Phi) is 8.67. The Morgan fingerprint density at radius 3 is 2.69 bits per heavy atom. The summed E-state index contributed by atoms with van der Waals surface area (Å²) in [5.41, 5.74) is 0. The predicted octanol–water partition coefficient (Wildman–Crippen LogP) is 1.66. The number of carbonyl (C=O) groups is 1. The summed E-state index contributed by atoms with van der Waals surface area (Å²) in [7, 11) is 0. The number of allylic oxidation sites excluding steroid dienone is 2. The van der Waals surface area contributed by atoms with Crippen LogP contribution < -0.4 is 0 Å². The van der Waals surface area contributed by atoms with E-state index in [1.807, 2.05) is 12.2 Å². The van der Waals surface area contributed by atoms with Crippen molar-refractivity contribution in [1.29, 1.82) is 0 Å². The van der Waals surface area contributed by atoms with E-state index in [1.54, 1.807) is 6.92 Å². The van der Waals surface area contributed by atoms with Gasteiger partial charge in [-0.2, -0.15) is 0 Å². The topological polar surface area (TPSA) is 46.5 Å². The van der Waals surface area contributed by atoms with Crippen molar-refractivity contribution < 1.29 is 14.6 Å². The van der Waals surface area contributed by atoms with E-state index in [9.17, 15) is 4.79 Å². The van der Waals surface area contributed by atoms with Gasteiger partial charge in [-0.1, -0.05) is 12.2 Å². The molecule has 0 aliphatic carbocycles. The Morgan fingerprint density at radius 2 is 2.08 bits per heavy atom. The lowest BCUT2D eigenvalue weighted by atomic mass is 10.2. The van der Waals surface area contributed by atoms with Crippen LogP contribution >= 0.6 is 0 Å². The van der Waals surface area contributed by atoms with Crippen LogP contribution in [0.5, 0.6) is 0 Å². The molecular weight excluding hydrogens is 168 g/mol. The molecule has 0 spiro atoms. The highest BCUT2D eigenvalue weighted by Crippen LogP contribution is 1.96. The van der Waals surface area contributed by atoms with E-state index >= 15 is 0 Å². The van der Waals surface area contributed by atoms with Gasteiger partial charge >= 0.3 is 5.97 Å².